The molecule has 0 aliphatic rings. The minimum atomic E-state index is -3.81. The minimum absolute atomic E-state index is 0.120. The van der Waals surface area contributed by atoms with Gasteiger partial charge in [-0.3, -0.25) is 0 Å². The molecule has 0 spiro atoms. The lowest BCUT2D eigenvalue weighted by atomic mass is 10.2. The van der Waals surface area contributed by atoms with Gasteiger partial charge in [0, 0.05) is 0 Å². The maximum Gasteiger partial charge on any atom is 0.284 e. The highest BCUT2D eigenvalue weighted by Crippen LogP contribution is 2.19. The van der Waals surface area contributed by atoms with Crippen LogP contribution in [0.15, 0.2) is 53.4 Å². The average Bonchev–Trinajstić information content (AvgIpc) is 2.91. The van der Waals surface area contributed by atoms with Crippen molar-refractivity contribution in [2.45, 2.75) is 4.90 Å². The molecular formula is C13H8N4O2S. The van der Waals surface area contributed by atoms with Gasteiger partial charge in [-0.25, -0.2) is 0 Å². The standard InChI is InChI=1S/C13H8N4O2S/c14-9-10-6-7-12-13(8-10)17(16-15-12)20(18,19)11-4-2-1-3-5-11/h1-8H. The van der Waals surface area contributed by atoms with Crippen LogP contribution in [0.1, 0.15) is 5.56 Å². The van der Waals surface area contributed by atoms with Crippen molar-refractivity contribution in [1.29, 1.82) is 5.26 Å². The number of nitrogens with zero attached hydrogens (tertiary/aromatic N) is 4. The molecule has 0 bridgehead atoms. The molecule has 0 N–H and O–H groups in total. The first kappa shape index (κ1) is 12.3. The number of fused-ring (bicyclic) bond motifs is 1. The van der Waals surface area contributed by atoms with Crippen LogP contribution in [0.25, 0.3) is 11.0 Å². The number of hydrogen-bond donors (Lipinski definition) is 0. The van der Waals surface area contributed by atoms with Gasteiger partial charge in [-0.1, -0.05) is 23.4 Å². The quantitative estimate of drug-likeness (QED) is 0.712. The van der Waals surface area contributed by atoms with Crippen LogP contribution >= 0.6 is 0 Å². The Morgan fingerprint density at radius 1 is 1.10 bits per heavy atom. The molecule has 0 saturated heterocycles. The van der Waals surface area contributed by atoms with E-state index >= 15 is 0 Å². The van der Waals surface area contributed by atoms with Crippen LogP contribution in [0.3, 0.4) is 0 Å². The lowest BCUT2D eigenvalue weighted by molar-refractivity contribution is 0.579. The SMILES string of the molecule is N#Cc1ccc2nnn(S(=O)(=O)c3ccccc3)c2c1. The molecule has 0 saturated carbocycles. The molecule has 0 aliphatic carbocycles. The van der Waals surface area contributed by atoms with Crippen LogP contribution in [-0.2, 0) is 10.0 Å². The van der Waals surface area contributed by atoms with E-state index in [4.69, 9.17) is 5.26 Å². The number of benzene rings is 2. The third kappa shape index (κ3) is 1.83. The molecule has 7 heteroatoms. The average molecular weight is 284 g/mol. The van der Waals surface area contributed by atoms with Crippen LogP contribution in [0.2, 0.25) is 0 Å². The molecule has 98 valence electrons. The fourth-order valence-corrected chi connectivity index (χ4v) is 3.08. The molecule has 1 heterocycles. The molecule has 0 atom stereocenters. The summed E-state index contributed by atoms with van der Waals surface area (Å²) in [5.74, 6) is 0. The van der Waals surface area contributed by atoms with Gasteiger partial charge in [0.2, 0.25) is 0 Å². The molecule has 3 rings (SSSR count). The second-order valence-corrected chi connectivity index (χ2v) is 5.83. The molecule has 0 amide bonds. The maximum atomic E-state index is 12.5. The van der Waals surface area contributed by atoms with Crippen LogP contribution < -0.4 is 0 Å². The van der Waals surface area contributed by atoms with Crippen LogP contribution in [-0.4, -0.2) is 22.8 Å². The summed E-state index contributed by atoms with van der Waals surface area (Å²) in [6.45, 7) is 0. The third-order valence-electron chi connectivity index (χ3n) is 2.81. The summed E-state index contributed by atoms with van der Waals surface area (Å²) in [5.41, 5.74) is 1.06. The largest absolute Gasteiger partial charge is 0.284 e. The van der Waals surface area contributed by atoms with Gasteiger partial charge in [0.1, 0.15) is 11.0 Å². The molecular weight excluding hydrogens is 276 g/mol. The van der Waals surface area contributed by atoms with E-state index in [1.807, 2.05) is 6.07 Å². The second-order valence-electron chi connectivity index (χ2n) is 4.07. The van der Waals surface area contributed by atoms with E-state index in [9.17, 15) is 8.42 Å². The predicted octanol–water partition coefficient (Wildman–Crippen LogP) is 1.54. The minimum Gasteiger partial charge on any atom is -0.199 e. The predicted molar refractivity (Wildman–Crippen MR) is 71.3 cm³/mol. The molecule has 3 aromatic rings. The van der Waals surface area contributed by atoms with Crippen molar-refractivity contribution in [2.75, 3.05) is 0 Å². The summed E-state index contributed by atoms with van der Waals surface area (Å²) in [4.78, 5) is 0.120. The van der Waals surface area contributed by atoms with E-state index in [1.54, 1.807) is 30.3 Å². The van der Waals surface area contributed by atoms with Gasteiger partial charge in [-0.15, -0.1) is 9.19 Å². The Morgan fingerprint density at radius 2 is 1.85 bits per heavy atom. The van der Waals surface area contributed by atoms with Crippen LogP contribution in [0.5, 0.6) is 0 Å². The first-order chi connectivity index (χ1) is 9.63. The zero-order chi connectivity index (χ0) is 14.2. The van der Waals surface area contributed by atoms with Gasteiger partial charge >= 0.3 is 0 Å². The van der Waals surface area contributed by atoms with Gasteiger partial charge in [0.05, 0.1) is 16.5 Å². The molecule has 20 heavy (non-hydrogen) atoms. The van der Waals surface area contributed by atoms with Gasteiger partial charge in [0.15, 0.2) is 0 Å². The first-order valence-corrected chi connectivity index (χ1v) is 7.13. The highest BCUT2D eigenvalue weighted by molar-refractivity contribution is 7.90. The van der Waals surface area contributed by atoms with Crippen molar-refractivity contribution >= 4 is 21.1 Å². The Balaban J connectivity index is 2.28. The van der Waals surface area contributed by atoms with E-state index in [-0.39, 0.29) is 10.4 Å². The van der Waals surface area contributed by atoms with Gasteiger partial charge < -0.3 is 0 Å². The Morgan fingerprint density at radius 3 is 2.55 bits per heavy atom. The lowest BCUT2D eigenvalue weighted by Crippen LogP contribution is -2.14. The van der Waals surface area contributed by atoms with Gasteiger partial charge in [0.25, 0.3) is 10.0 Å². The highest BCUT2D eigenvalue weighted by atomic mass is 32.2. The zero-order valence-corrected chi connectivity index (χ0v) is 10.9. The molecule has 1 aromatic heterocycles. The summed E-state index contributed by atoms with van der Waals surface area (Å²) in [5, 5.41) is 16.4. The monoisotopic (exact) mass is 284 g/mol. The Hall–Kier alpha value is -2.72. The summed E-state index contributed by atoms with van der Waals surface area (Å²) in [6, 6.07) is 14.5. The molecule has 0 aliphatic heterocycles. The molecule has 6 nitrogen and oxygen atoms in total. The molecule has 0 radical (unpaired) electrons. The summed E-state index contributed by atoms with van der Waals surface area (Å²) < 4.78 is 25.8. The van der Waals surface area contributed by atoms with Crippen LogP contribution in [0.4, 0.5) is 0 Å². The normalized spacial score (nSPS) is 11.3. The van der Waals surface area contributed by atoms with Crippen molar-refractivity contribution in [3.63, 3.8) is 0 Å². The maximum absolute atomic E-state index is 12.5. The van der Waals surface area contributed by atoms with Crippen molar-refractivity contribution in [2.24, 2.45) is 0 Å². The van der Waals surface area contributed by atoms with Crippen molar-refractivity contribution in [3.05, 3.63) is 54.1 Å². The van der Waals surface area contributed by atoms with E-state index in [0.717, 1.165) is 4.09 Å². The van der Waals surface area contributed by atoms with E-state index in [1.165, 1.54) is 18.2 Å². The summed E-state index contributed by atoms with van der Waals surface area (Å²) >= 11 is 0. The number of rotatable bonds is 2. The summed E-state index contributed by atoms with van der Waals surface area (Å²) in [6.07, 6.45) is 0. The second kappa shape index (κ2) is 4.43. The van der Waals surface area contributed by atoms with Crippen molar-refractivity contribution in [1.82, 2.24) is 14.4 Å². The fraction of sp³-hybridized carbons (Fsp3) is 0. The van der Waals surface area contributed by atoms with E-state index in [0.29, 0.717) is 11.1 Å². The molecule has 2 aromatic carbocycles. The topological polar surface area (TPSA) is 88.6 Å². The van der Waals surface area contributed by atoms with Gasteiger partial charge in [-0.05, 0) is 30.3 Å². The van der Waals surface area contributed by atoms with Crippen LogP contribution in [0, 0.1) is 11.3 Å². The third-order valence-corrected chi connectivity index (χ3v) is 4.41. The highest BCUT2D eigenvalue weighted by Gasteiger charge is 2.21. The Bertz CT molecular complexity index is 924. The number of aromatic nitrogens is 3. The summed E-state index contributed by atoms with van der Waals surface area (Å²) in [7, 11) is -3.81. The molecule has 0 unspecified atom stereocenters. The Kier molecular flexibility index (Phi) is 2.73. The number of nitriles is 1. The van der Waals surface area contributed by atoms with Crippen molar-refractivity contribution in [3.8, 4) is 6.07 Å². The van der Waals surface area contributed by atoms with Crippen molar-refractivity contribution < 1.29 is 8.42 Å². The number of hydrogen-bond acceptors (Lipinski definition) is 5. The fourth-order valence-electron chi connectivity index (χ4n) is 1.84. The zero-order valence-electron chi connectivity index (χ0n) is 10.1. The van der Waals surface area contributed by atoms with E-state index in [2.05, 4.69) is 10.3 Å². The van der Waals surface area contributed by atoms with Gasteiger partial charge in [-0.2, -0.15) is 13.7 Å². The Labute approximate surface area is 114 Å². The van der Waals surface area contributed by atoms with E-state index < -0.39 is 10.0 Å². The first-order valence-electron chi connectivity index (χ1n) is 5.69. The molecule has 0 fully saturated rings. The smallest absolute Gasteiger partial charge is 0.199 e. The lowest BCUT2D eigenvalue weighted by Gasteiger charge is -2.04.